The molecular weight excluding hydrogens is 146 g/mol. The van der Waals surface area contributed by atoms with Crippen LogP contribution in [-0.4, -0.2) is 9.36 Å². The summed E-state index contributed by atoms with van der Waals surface area (Å²) in [5.74, 6) is 0.611. The minimum absolute atomic E-state index is 0.364. The highest BCUT2D eigenvalue weighted by Gasteiger charge is 1.95. The second-order valence-electron chi connectivity index (χ2n) is 1.17. The minimum atomic E-state index is 0.364. The minimum Gasteiger partial charge on any atom is -0.324 e. The van der Waals surface area contributed by atoms with E-state index in [9.17, 15) is 0 Å². The van der Waals surface area contributed by atoms with Gasteiger partial charge in [0.25, 0.3) is 0 Å². The topological polar surface area (TPSA) is 51.8 Å². The molecule has 0 spiro atoms. The zero-order chi connectivity index (χ0) is 5.98. The van der Waals surface area contributed by atoms with E-state index < -0.39 is 0 Å². The van der Waals surface area contributed by atoms with Gasteiger partial charge in [-0.15, -0.1) is 0 Å². The van der Waals surface area contributed by atoms with Crippen LogP contribution in [-0.2, 0) is 6.54 Å². The summed E-state index contributed by atoms with van der Waals surface area (Å²) < 4.78 is 4.26. The van der Waals surface area contributed by atoms with Crippen molar-refractivity contribution in [3.8, 4) is 0 Å². The van der Waals surface area contributed by atoms with Crippen LogP contribution in [0.4, 0.5) is 0 Å². The van der Waals surface area contributed by atoms with Gasteiger partial charge in [-0.2, -0.15) is 4.37 Å². The molecule has 8 heavy (non-hydrogen) atoms. The fraction of sp³-hybridized carbons (Fsp3) is 0.333. The Balaban J connectivity index is 2.84. The van der Waals surface area contributed by atoms with E-state index >= 15 is 0 Å². The van der Waals surface area contributed by atoms with E-state index in [-0.39, 0.29) is 0 Å². The Hall–Kier alpha value is -0.190. The van der Waals surface area contributed by atoms with Crippen molar-refractivity contribution in [3.63, 3.8) is 0 Å². The Morgan fingerprint density at radius 2 is 2.50 bits per heavy atom. The number of hydrogen-bond acceptors (Lipinski definition) is 4. The molecule has 0 aliphatic rings. The van der Waals surface area contributed by atoms with Crippen LogP contribution in [0.3, 0.4) is 0 Å². The van der Waals surface area contributed by atoms with Crippen LogP contribution in [0.2, 0.25) is 4.47 Å². The van der Waals surface area contributed by atoms with Crippen molar-refractivity contribution >= 4 is 23.1 Å². The van der Waals surface area contributed by atoms with Gasteiger partial charge in [0, 0.05) is 0 Å². The van der Waals surface area contributed by atoms with Gasteiger partial charge in [0.15, 0.2) is 5.82 Å². The average molecular weight is 150 g/mol. The first-order valence-electron chi connectivity index (χ1n) is 2.01. The molecule has 2 N–H and O–H groups in total. The van der Waals surface area contributed by atoms with Crippen LogP contribution < -0.4 is 5.73 Å². The molecule has 1 rings (SSSR count). The van der Waals surface area contributed by atoms with Crippen molar-refractivity contribution < 1.29 is 0 Å². The van der Waals surface area contributed by atoms with Gasteiger partial charge in [-0.3, -0.25) is 0 Å². The van der Waals surface area contributed by atoms with E-state index in [1.807, 2.05) is 0 Å². The van der Waals surface area contributed by atoms with Crippen molar-refractivity contribution in [2.24, 2.45) is 5.73 Å². The highest BCUT2D eigenvalue weighted by Crippen LogP contribution is 2.09. The van der Waals surface area contributed by atoms with E-state index in [0.717, 1.165) is 11.5 Å². The molecule has 0 saturated carbocycles. The Morgan fingerprint density at radius 1 is 1.75 bits per heavy atom. The second-order valence-corrected chi connectivity index (χ2v) is 2.50. The zero-order valence-electron chi connectivity index (χ0n) is 3.97. The molecule has 44 valence electrons. The van der Waals surface area contributed by atoms with Crippen LogP contribution >= 0.6 is 23.1 Å². The molecule has 0 saturated heterocycles. The van der Waals surface area contributed by atoms with Crippen molar-refractivity contribution in [2.75, 3.05) is 0 Å². The third kappa shape index (κ3) is 1.15. The van der Waals surface area contributed by atoms with Crippen molar-refractivity contribution in [1.29, 1.82) is 0 Å². The summed E-state index contributed by atoms with van der Waals surface area (Å²) in [7, 11) is 0. The van der Waals surface area contributed by atoms with E-state index in [4.69, 9.17) is 17.3 Å². The zero-order valence-corrected chi connectivity index (χ0v) is 5.54. The fourth-order valence-electron chi connectivity index (χ4n) is 0.316. The molecule has 0 aliphatic carbocycles. The lowest BCUT2D eigenvalue weighted by molar-refractivity contribution is 0.958. The van der Waals surface area contributed by atoms with Gasteiger partial charge in [0.2, 0.25) is 4.47 Å². The Labute approximate surface area is 55.7 Å². The van der Waals surface area contributed by atoms with E-state index in [1.54, 1.807) is 0 Å². The highest BCUT2D eigenvalue weighted by molar-refractivity contribution is 7.10. The second kappa shape index (κ2) is 2.39. The normalized spacial score (nSPS) is 9.75. The third-order valence-corrected chi connectivity index (χ3v) is 1.46. The molecule has 1 aromatic rings. The maximum atomic E-state index is 5.43. The quantitative estimate of drug-likeness (QED) is 0.638. The Morgan fingerprint density at radius 3 is 2.75 bits per heavy atom. The number of hydrogen-bond donors (Lipinski definition) is 1. The summed E-state index contributed by atoms with van der Waals surface area (Å²) in [5, 5.41) is 0. The summed E-state index contributed by atoms with van der Waals surface area (Å²) in [5.41, 5.74) is 5.19. The highest BCUT2D eigenvalue weighted by atomic mass is 35.5. The summed E-state index contributed by atoms with van der Waals surface area (Å²) >= 11 is 6.58. The maximum absolute atomic E-state index is 5.43. The van der Waals surface area contributed by atoms with Crippen LogP contribution in [0.25, 0.3) is 0 Å². The largest absolute Gasteiger partial charge is 0.324 e. The summed E-state index contributed by atoms with van der Waals surface area (Å²) in [6, 6.07) is 0. The molecule has 3 nitrogen and oxygen atoms in total. The van der Waals surface area contributed by atoms with Crippen molar-refractivity contribution in [2.45, 2.75) is 6.54 Å². The molecule has 0 atom stereocenters. The number of rotatable bonds is 1. The van der Waals surface area contributed by atoms with Gasteiger partial charge in [-0.1, -0.05) is 0 Å². The van der Waals surface area contributed by atoms with Gasteiger partial charge in [-0.05, 0) is 23.1 Å². The lowest BCUT2D eigenvalue weighted by atomic mass is 10.6. The van der Waals surface area contributed by atoms with E-state index in [0.29, 0.717) is 16.8 Å². The van der Waals surface area contributed by atoms with Gasteiger partial charge in [0.1, 0.15) is 0 Å². The van der Waals surface area contributed by atoms with Crippen LogP contribution in [0, 0.1) is 0 Å². The lowest BCUT2D eigenvalue weighted by Crippen LogP contribution is -1.97. The molecule has 0 radical (unpaired) electrons. The van der Waals surface area contributed by atoms with E-state index in [1.165, 1.54) is 0 Å². The average Bonchev–Trinajstić information content (AvgIpc) is 2.14. The van der Waals surface area contributed by atoms with Crippen LogP contribution in [0.1, 0.15) is 5.82 Å². The molecule has 0 unspecified atom stereocenters. The number of halogens is 1. The molecule has 5 heteroatoms. The molecule has 0 fully saturated rings. The lowest BCUT2D eigenvalue weighted by Gasteiger charge is -1.77. The SMILES string of the molecule is NCc1nsc(Cl)n1. The molecule has 0 bridgehead atoms. The van der Waals surface area contributed by atoms with Crippen molar-refractivity contribution in [1.82, 2.24) is 9.36 Å². The number of aromatic nitrogens is 2. The smallest absolute Gasteiger partial charge is 0.203 e. The van der Waals surface area contributed by atoms with Gasteiger partial charge >= 0.3 is 0 Å². The molecule has 0 aliphatic heterocycles. The first-order chi connectivity index (χ1) is 3.83. The van der Waals surface area contributed by atoms with Crippen LogP contribution in [0.15, 0.2) is 0 Å². The molecule has 1 aromatic heterocycles. The predicted molar refractivity (Wildman–Crippen MR) is 32.8 cm³/mol. The fourth-order valence-corrected chi connectivity index (χ4v) is 0.959. The number of nitrogens with two attached hydrogens (primary N) is 1. The van der Waals surface area contributed by atoms with Gasteiger partial charge < -0.3 is 5.73 Å². The molecule has 0 aromatic carbocycles. The molecular formula is C3H4ClN3S. The molecule has 1 heterocycles. The van der Waals surface area contributed by atoms with Gasteiger partial charge in [-0.25, -0.2) is 4.98 Å². The standard InChI is InChI=1S/C3H4ClN3S/c4-3-6-2(1-5)7-8-3/h1,5H2. The third-order valence-electron chi connectivity index (χ3n) is 0.626. The van der Waals surface area contributed by atoms with E-state index in [2.05, 4.69) is 9.36 Å². The summed E-state index contributed by atoms with van der Waals surface area (Å²) in [6.07, 6.45) is 0. The summed E-state index contributed by atoms with van der Waals surface area (Å²) in [6.45, 7) is 0.364. The Kier molecular flexibility index (Phi) is 1.77. The predicted octanol–water partition coefficient (Wildman–Crippen LogP) is 0.650. The molecule has 0 amide bonds. The first-order valence-corrected chi connectivity index (χ1v) is 3.16. The van der Waals surface area contributed by atoms with Crippen LogP contribution in [0.5, 0.6) is 0 Å². The summed E-state index contributed by atoms with van der Waals surface area (Å²) in [4.78, 5) is 3.78. The number of nitrogens with zero attached hydrogens (tertiary/aromatic N) is 2. The monoisotopic (exact) mass is 149 g/mol. The van der Waals surface area contributed by atoms with Gasteiger partial charge in [0.05, 0.1) is 6.54 Å². The first kappa shape index (κ1) is 5.94. The maximum Gasteiger partial charge on any atom is 0.203 e. The Bertz CT molecular complexity index is 175. The van der Waals surface area contributed by atoms with Crippen molar-refractivity contribution in [3.05, 3.63) is 10.3 Å².